The second kappa shape index (κ2) is 10.3. The maximum Gasteiger partial charge on any atom is 0.312 e. The molecular weight excluding hydrogens is 476 g/mol. The number of carbonyl (C=O) groups excluding carboxylic acids is 1. The molecule has 0 bridgehead atoms. The van der Waals surface area contributed by atoms with Crippen molar-refractivity contribution in [2.45, 2.75) is 59.0 Å². The van der Waals surface area contributed by atoms with Gasteiger partial charge in [0.25, 0.3) is 0 Å². The molecule has 2 atom stereocenters. The Bertz CT molecular complexity index is 1440. The van der Waals surface area contributed by atoms with Crippen molar-refractivity contribution in [2.24, 2.45) is 12.5 Å². The Hall–Kier alpha value is -3.52. The molecule has 8 nitrogen and oxygen atoms in total. The summed E-state index contributed by atoms with van der Waals surface area (Å²) in [5, 5.41) is 13.1. The molecule has 4 aromatic rings. The van der Waals surface area contributed by atoms with Gasteiger partial charge < -0.3 is 4.74 Å². The molecule has 5 rings (SSSR count). The topological polar surface area (TPSA) is 78.1 Å². The standard InChI is InChI=1S/C30H38N6O2/c1-20-10-11-22(17-23(20)18-35-15-7-9-24(19-35)36-16-8-14-31-36)27(30(3,4)29(37)38-6)25-12-13-26-28(21(25)2)32-33-34(26)5/h8,10-14,16-17,24,27H,7,9,15,18-19H2,1-6H3/t24-,27?/m0/s1. The third-order valence-electron chi connectivity index (χ3n) is 8.30. The van der Waals surface area contributed by atoms with Crippen LogP contribution in [0.25, 0.3) is 11.0 Å². The quantitative estimate of drug-likeness (QED) is 0.325. The Morgan fingerprint density at radius 1 is 1.21 bits per heavy atom. The van der Waals surface area contributed by atoms with Crippen LogP contribution in [0.1, 0.15) is 66.5 Å². The Morgan fingerprint density at radius 3 is 2.76 bits per heavy atom. The van der Waals surface area contributed by atoms with Gasteiger partial charge in [-0.05, 0) is 87.0 Å². The van der Waals surface area contributed by atoms with Crippen molar-refractivity contribution >= 4 is 17.0 Å². The van der Waals surface area contributed by atoms with E-state index in [0.29, 0.717) is 6.04 Å². The van der Waals surface area contributed by atoms with Crippen molar-refractivity contribution in [3.63, 3.8) is 0 Å². The third kappa shape index (κ3) is 4.73. The molecule has 1 aliphatic heterocycles. The Kier molecular flexibility index (Phi) is 7.09. The van der Waals surface area contributed by atoms with Gasteiger partial charge in [0.2, 0.25) is 0 Å². The molecule has 0 amide bonds. The first-order chi connectivity index (χ1) is 18.2. The molecule has 200 valence electrons. The van der Waals surface area contributed by atoms with Crippen molar-refractivity contribution in [1.82, 2.24) is 29.7 Å². The van der Waals surface area contributed by atoms with Crippen LogP contribution in [0.15, 0.2) is 48.8 Å². The molecule has 38 heavy (non-hydrogen) atoms. The number of nitrogens with zero attached hydrogens (tertiary/aromatic N) is 6. The number of aryl methyl sites for hydroxylation is 3. The SMILES string of the molecule is COC(=O)C(C)(C)C(c1ccc(C)c(CN2CCC[C@H](n3cccn3)C2)c1)c1ccc2c(nnn2C)c1C. The van der Waals surface area contributed by atoms with Crippen molar-refractivity contribution in [1.29, 1.82) is 0 Å². The van der Waals surface area contributed by atoms with Crippen LogP contribution >= 0.6 is 0 Å². The molecule has 1 fully saturated rings. The molecule has 2 aromatic carbocycles. The smallest absolute Gasteiger partial charge is 0.312 e. The largest absolute Gasteiger partial charge is 0.469 e. The number of fused-ring (bicyclic) bond motifs is 1. The maximum absolute atomic E-state index is 13.1. The number of benzene rings is 2. The first kappa shape index (κ1) is 26.1. The van der Waals surface area contributed by atoms with Gasteiger partial charge in [-0.3, -0.25) is 14.4 Å². The van der Waals surface area contributed by atoms with Crippen molar-refractivity contribution in [3.8, 4) is 0 Å². The normalized spacial score (nSPS) is 17.6. The van der Waals surface area contributed by atoms with Crippen LogP contribution in [-0.2, 0) is 23.1 Å². The molecule has 0 aliphatic carbocycles. The van der Waals surface area contributed by atoms with Gasteiger partial charge in [0, 0.05) is 38.4 Å². The first-order valence-electron chi connectivity index (χ1n) is 13.4. The number of esters is 1. The fraction of sp³-hybridized carbons (Fsp3) is 0.467. The molecule has 1 aliphatic rings. The highest BCUT2D eigenvalue weighted by molar-refractivity contribution is 5.82. The van der Waals surface area contributed by atoms with Crippen molar-refractivity contribution in [2.75, 3.05) is 20.2 Å². The van der Waals surface area contributed by atoms with E-state index < -0.39 is 5.41 Å². The van der Waals surface area contributed by atoms with E-state index in [4.69, 9.17) is 4.74 Å². The van der Waals surface area contributed by atoms with E-state index in [-0.39, 0.29) is 11.9 Å². The zero-order valence-electron chi connectivity index (χ0n) is 23.3. The van der Waals surface area contributed by atoms with Crippen LogP contribution < -0.4 is 0 Å². The van der Waals surface area contributed by atoms with Crippen LogP contribution in [0.3, 0.4) is 0 Å². The van der Waals surface area contributed by atoms with Gasteiger partial charge in [-0.15, -0.1) is 5.10 Å². The third-order valence-corrected chi connectivity index (χ3v) is 8.30. The monoisotopic (exact) mass is 514 g/mol. The lowest BCUT2D eigenvalue weighted by molar-refractivity contribution is -0.151. The molecule has 3 heterocycles. The van der Waals surface area contributed by atoms with Gasteiger partial charge in [-0.1, -0.05) is 29.5 Å². The summed E-state index contributed by atoms with van der Waals surface area (Å²) in [6.07, 6.45) is 6.22. The van der Waals surface area contributed by atoms with Crippen LogP contribution in [0.5, 0.6) is 0 Å². The fourth-order valence-corrected chi connectivity index (χ4v) is 6.10. The minimum absolute atomic E-state index is 0.209. The molecular formula is C30H38N6O2. The minimum atomic E-state index is -0.793. The minimum Gasteiger partial charge on any atom is -0.469 e. The Labute approximate surface area is 224 Å². The molecule has 0 saturated carbocycles. The summed E-state index contributed by atoms with van der Waals surface area (Å²) in [5.74, 6) is -0.444. The van der Waals surface area contributed by atoms with Gasteiger partial charge in [0.1, 0.15) is 5.52 Å². The zero-order chi connectivity index (χ0) is 27.0. The van der Waals surface area contributed by atoms with E-state index in [0.717, 1.165) is 60.2 Å². The Morgan fingerprint density at radius 2 is 2.03 bits per heavy atom. The summed E-state index contributed by atoms with van der Waals surface area (Å²) in [4.78, 5) is 15.7. The summed E-state index contributed by atoms with van der Waals surface area (Å²) in [6.45, 7) is 11.1. The Balaban J connectivity index is 1.53. The molecule has 0 spiro atoms. The van der Waals surface area contributed by atoms with E-state index in [1.54, 1.807) is 4.68 Å². The van der Waals surface area contributed by atoms with Crippen LogP contribution in [0.2, 0.25) is 0 Å². The summed E-state index contributed by atoms with van der Waals surface area (Å²) in [5.41, 5.74) is 6.80. The van der Waals surface area contributed by atoms with Crippen LogP contribution in [0, 0.1) is 19.3 Å². The van der Waals surface area contributed by atoms with E-state index in [9.17, 15) is 4.79 Å². The average Bonchev–Trinajstić information content (AvgIpc) is 3.58. The average molecular weight is 515 g/mol. The van der Waals surface area contributed by atoms with Gasteiger partial charge in [-0.25, -0.2) is 4.68 Å². The second-order valence-electron chi connectivity index (χ2n) is 11.2. The molecule has 1 saturated heterocycles. The fourth-order valence-electron chi connectivity index (χ4n) is 6.10. The number of rotatable bonds is 7. The van der Waals surface area contributed by atoms with E-state index in [1.165, 1.54) is 18.2 Å². The number of likely N-dealkylation sites (tertiary alicyclic amines) is 1. The number of ether oxygens (including phenoxy) is 1. The van der Waals surface area contributed by atoms with Crippen LogP contribution in [0.4, 0.5) is 0 Å². The van der Waals surface area contributed by atoms with Crippen molar-refractivity contribution in [3.05, 3.63) is 76.6 Å². The van der Waals surface area contributed by atoms with Gasteiger partial charge in [0.15, 0.2) is 0 Å². The molecule has 0 radical (unpaired) electrons. The van der Waals surface area contributed by atoms with E-state index in [1.807, 2.05) is 33.2 Å². The molecule has 0 N–H and O–H groups in total. The zero-order valence-corrected chi connectivity index (χ0v) is 23.3. The second-order valence-corrected chi connectivity index (χ2v) is 11.2. The number of hydrogen-bond acceptors (Lipinski definition) is 6. The van der Waals surface area contributed by atoms with Gasteiger partial charge in [0.05, 0.1) is 24.1 Å². The summed E-state index contributed by atoms with van der Waals surface area (Å²) in [6, 6.07) is 13.2. The number of hydrogen-bond donors (Lipinski definition) is 0. The lowest BCUT2D eigenvalue weighted by atomic mass is 9.69. The van der Waals surface area contributed by atoms with Crippen molar-refractivity contribution < 1.29 is 9.53 Å². The highest BCUT2D eigenvalue weighted by atomic mass is 16.5. The first-order valence-corrected chi connectivity index (χ1v) is 13.4. The lowest BCUT2D eigenvalue weighted by Crippen LogP contribution is -2.36. The lowest BCUT2D eigenvalue weighted by Gasteiger charge is -2.35. The number of carbonyl (C=O) groups is 1. The predicted molar refractivity (Wildman–Crippen MR) is 148 cm³/mol. The maximum atomic E-state index is 13.1. The summed E-state index contributed by atoms with van der Waals surface area (Å²) < 4.78 is 9.18. The summed E-state index contributed by atoms with van der Waals surface area (Å²) >= 11 is 0. The van der Waals surface area contributed by atoms with E-state index in [2.05, 4.69) is 75.4 Å². The highest BCUT2D eigenvalue weighted by Gasteiger charge is 2.41. The number of methoxy groups -OCH3 is 1. The van der Waals surface area contributed by atoms with E-state index >= 15 is 0 Å². The van der Waals surface area contributed by atoms with Gasteiger partial charge in [-0.2, -0.15) is 5.10 Å². The summed E-state index contributed by atoms with van der Waals surface area (Å²) in [7, 11) is 3.36. The molecule has 8 heteroatoms. The highest BCUT2D eigenvalue weighted by Crippen LogP contribution is 2.44. The van der Waals surface area contributed by atoms with Crippen LogP contribution in [-0.4, -0.2) is 55.8 Å². The predicted octanol–water partition coefficient (Wildman–Crippen LogP) is 4.95. The number of aromatic nitrogens is 5. The molecule has 1 unspecified atom stereocenters. The molecule has 2 aromatic heterocycles. The number of piperidine rings is 1. The van der Waals surface area contributed by atoms with Gasteiger partial charge >= 0.3 is 5.97 Å².